The van der Waals surface area contributed by atoms with Gasteiger partial charge >= 0.3 is 0 Å². The van der Waals surface area contributed by atoms with Gasteiger partial charge in [-0.15, -0.1) is 0 Å². The van der Waals surface area contributed by atoms with Crippen LogP contribution in [0.1, 0.15) is 112 Å². The van der Waals surface area contributed by atoms with Crippen molar-refractivity contribution in [2.24, 2.45) is 5.92 Å². The SMILES string of the molecule is CC.CCC(=O)CC1CCCCC1.O=C1NCCc2c1cccc2C1CCCN(C(=O)CNCc2ccc(F)cc2F)C1. The molecule has 6 nitrogen and oxygen atoms in total. The molecule has 8 heteroatoms. The third-order valence-electron chi connectivity index (χ3n) is 8.57. The van der Waals surface area contributed by atoms with Crippen molar-refractivity contribution in [3.63, 3.8) is 0 Å². The number of hydrogen-bond donors (Lipinski definition) is 2. The first-order valence-corrected chi connectivity index (χ1v) is 16.2. The molecule has 1 aliphatic carbocycles. The Balaban J connectivity index is 0.000000327. The number of benzene rings is 2. The Labute approximate surface area is 256 Å². The molecule has 2 amide bonds. The van der Waals surface area contributed by atoms with Gasteiger partial charge in [-0.3, -0.25) is 14.4 Å². The number of Topliss-reactive ketones (excluding diaryl/α,β-unsaturated/α-hetero) is 1. The summed E-state index contributed by atoms with van der Waals surface area (Å²) in [6, 6.07) is 9.28. The third-order valence-corrected chi connectivity index (χ3v) is 8.57. The first-order valence-electron chi connectivity index (χ1n) is 16.2. The molecular weight excluding hydrogens is 548 g/mol. The van der Waals surface area contributed by atoms with Crippen molar-refractivity contribution in [3.8, 4) is 0 Å². The highest BCUT2D eigenvalue weighted by atomic mass is 19.1. The fraction of sp³-hybridized carbons (Fsp3) is 0.571. The molecule has 2 heterocycles. The number of piperidine rings is 1. The number of nitrogens with one attached hydrogen (secondary N) is 2. The minimum absolute atomic E-state index is 0.0286. The van der Waals surface area contributed by atoms with Crippen molar-refractivity contribution in [2.45, 2.75) is 97.4 Å². The van der Waals surface area contributed by atoms with Gasteiger partial charge in [-0.05, 0) is 48.4 Å². The molecule has 0 bridgehead atoms. The Kier molecular flexibility index (Phi) is 14.3. The molecule has 0 aromatic heterocycles. The Bertz CT molecular complexity index is 1210. The first kappa shape index (κ1) is 34.4. The molecule has 5 rings (SSSR count). The maximum atomic E-state index is 13.7. The number of ketones is 1. The second kappa shape index (κ2) is 17.9. The molecule has 2 N–H and O–H groups in total. The van der Waals surface area contributed by atoms with Gasteiger partial charge in [-0.1, -0.05) is 71.1 Å². The minimum atomic E-state index is -0.620. The zero-order chi connectivity index (χ0) is 31.2. The summed E-state index contributed by atoms with van der Waals surface area (Å²) in [5.41, 5.74) is 3.34. The molecule has 2 aliphatic heterocycles. The van der Waals surface area contributed by atoms with E-state index in [0.717, 1.165) is 55.2 Å². The number of carbonyl (C=O) groups excluding carboxylic acids is 3. The first-order chi connectivity index (χ1) is 20.9. The highest BCUT2D eigenvalue weighted by molar-refractivity contribution is 5.97. The summed E-state index contributed by atoms with van der Waals surface area (Å²) in [7, 11) is 0. The van der Waals surface area contributed by atoms with Crippen LogP contribution in [0.5, 0.6) is 0 Å². The molecule has 236 valence electrons. The van der Waals surface area contributed by atoms with E-state index in [-0.39, 0.29) is 30.8 Å². The maximum absolute atomic E-state index is 13.7. The van der Waals surface area contributed by atoms with Crippen LogP contribution in [0.3, 0.4) is 0 Å². The van der Waals surface area contributed by atoms with Crippen LogP contribution < -0.4 is 10.6 Å². The number of likely N-dealkylation sites (tertiary alicyclic amines) is 1. The van der Waals surface area contributed by atoms with Crippen molar-refractivity contribution >= 4 is 17.6 Å². The van der Waals surface area contributed by atoms with Crippen LogP contribution in [-0.4, -0.2) is 48.7 Å². The molecule has 1 saturated carbocycles. The second-order valence-electron chi connectivity index (χ2n) is 11.5. The van der Waals surface area contributed by atoms with Gasteiger partial charge in [0.1, 0.15) is 17.4 Å². The summed E-state index contributed by atoms with van der Waals surface area (Å²) in [6.07, 6.45) is 11.0. The van der Waals surface area contributed by atoms with Crippen molar-refractivity contribution < 1.29 is 23.2 Å². The third kappa shape index (κ3) is 10.2. The van der Waals surface area contributed by atoms with Gasteiger partial charge in [0, 0.05) is 62.1 Å². The van der Waals surface area contributed by atoms with Crippen LogP contribution >= 0.6 is 0 Å². The average molecular weight is 598 g/mol. The van der Waals surface area contributed by atoms with E-state index in [4.69, 9.17) is 0 Å². The lowest BCUT2D eigenvalue weighted by Gasteiger charge is -2.35. The van der Waals surface area contributed by atoms with Gasteiger partial charge in [0.25, 0.3) is 5.91 Å². The van der Waals surface area contributed by atoms with E-state index in [2.05, 4.69) is 16.7 Å². The Morgan fingerprint density at radius 2 is 1.79 bits per heavy atom. The molecule has 1 atom stereocenters. The van der Waals surface area contributed by atoms with Crippen LogP contribution in [0.15, 0.2) is 36.4 Å². The van der Waals surface area contributed by atoms with Crippen LogP contribution in [0, 0.1) is 17.6 Å². The van der Waals surface area contributed by atoms with Gasteiger partial charge in [0.2, 0.25) is 5.91 Å². The highest BCUT2D eigenvalue weighted by Crippen LogP contribution is 2.32. The summed E-state index contributed by atoms with van der Waals surface area (Å²) >= 11 is 0. The number of fused-ring (bicyclic) bond motifs is 1. The lowest BCUT2D eigenvalue weighted by atomic mass is 9.83. The molecule has 2 fully saturated rings. The van der Waals surface area contributed by atoms with Crippen LogP contribution in [-0.2, 0) is 22.6 Å². The predicted molar refractivity (Wildman–Crippen MR) is 167 cm³/mol. The van der Waals surface area contributed by atoms with E-state index in [1.54, 1.807) is 0 Å². The zero-order valence-electron chi connectivity index (χ0n) is 26.2. The van der Waals surface area contributed by atoms with E-state index in [0.29, 0.717) is 31.0 Å². The largest absolute Gasteiger partial charge is 0.352 e. The second-order valence-corrected chi connectivity index (χ2v) is 11.5. The molecule has 1 unspecified atom stereocenters. The van der Waals surface area contributed by atoms with Crippen LogP contribution in [0.25, 0.3) is 0 Å². The number of carbonyl (C=O) groups is 3. The number of rotatable bonds is 8. The predicted octanol–water partition coefficient (Wildman–Crippen LogP) is 6.71. The lowest BCUT2D eigenvalue weighted by Crippen LogP contribution is -2.43. The van der Waals surface area contributed by atoms with Gasteiger partial charge < -0.3 is 15.5 Å². The average Bonchev–Trinajstić information content (AvgIpc) is 3.04. The molecule has 2 aromatic carbocycles. The topological polar surface area (TPSA) is 78.5 Å². The summed E-state index contributed by atoms with van der Waals surface area (Å²) < 4.78 is 26.7. The van der Waals surface area contributed by atoms with Crippen molar-refractivity contribution in [2.75, 3.05) is 26.2 Å². The van der Waals surface area contributed by atoms with E-state index in [1.807, 2.05) is 37.8 Å². The summed E-state index contributed by atoms with van der Waals surface area (Å²) in [5.74, 6) is 0.0909. The van der Waals surface area contributed by atoms with Gasteiger partial charge in [-0.25, -0.2) is 8.78 Å². The highest BCUT2D eigenvalue weighted by Gasteiger charge is 2.28. The van der Waals surface area contributed by atoms with E-state index >= 15 is 0 Å². The quantitative estimate of drug-likeness (QED) is 0.355. The molecule has 0 radical (unpaired) electrons. The zero-order valence-corrected chi connectivity index (χ0v) is 26.2. The molecule has 1 saturated heterocycles. The Morgan fingerprint density at radius 3 is 2.51 bits per heavy atom. The number of halogens is 2. The Morgan fingerprint density at radius 1 is 1.02 bits per heavy atom. The smallest absolute Gasteiger partial charge is 0.251 e. The van der Waals surface area contributed by atoms with Crippen molar-refractivity contribution in [1.82, 2.24) is 15.5 Å². The van der Waals surface area contributed by atoms with E-state index in [9.17, 15) is 23.2 Å². The lowest BCUT2D eigenvalue weighted by molar-refractivity contribution is -0.131. The molecule has 2 aromatic rings. The molecule has 0 spiro atoms. The summed E-state index contributed by atoms with van der Waals surface area (Å²) in [5, 5.41) is 5.84. The van der Waals surface area contributed by atoms with Crippen LogP contribution in [0.4, 0.5) is 8.78 Å². The Hall–Kier alpha value is -3.13. The number of nitrogens with zero attached hydrogens (tertiary/aromatic N) is 1. The van der Waals surface area contributed by atoms with Gasteiger partial charge in [0.15, 0.2) is 0 Å². The molecular formula is C35H49F2N3O3. The van der Waals surface area contributed by atoms with Crippen molar-refractivity contribution in [3.05, 3.63) is 70.3 Å². The molecule has 3 aliphatic rings. The van der Waals surface area contributed by atoms with Gasteiger partial charge in [-0.2, -0.15) is 0 Å². The molecule has 43 heavy (non-hydrogen) atoms. The minimum Gasteiger partial charge on any atom is -0.352 e. The van der Waals surface area contributed by atoms with Crippen LogP contribution in [0.2, 0.25) is 0 Å². The van der Waals surface area contributed by atoms with E-state index in [1.165, 1.54) is 49.8 Å². The van der Waals surface area contributed by atoms with Crippen molar-refractivity contribution in [1.29, 1.82) is 0 Å². The maximum Gasteiger partial charge on any atom is 0.251 e. The normalized spacial score (nSPS) is 18.3. The fourth-order valence-corrected chi connectivity index (χ4v) is 6.27. The standard InChI is InChI=1S/C23H25F2N3O2.C10H18O.C2H6/c24-17-7-6-15(21(25)11-17)12-26-13-22(29)28-10-2-3-16(14-28)18-4-1-5-20-19(18)8-9-27-23(20)30;1-2-10(11)8-9-6-4-3-5-7-9;1-2/h1,4-7,11,16,26H,2-3,8-10,12-14H2,(H,27,30);9H,2-8H2,1H3;1-2H3. The fourth-order valence-electron chi connectivity index (χ4n) is 6.27. The number of hydrogen-bond acceptors (Lipinski definition) is 4. The monoisotopic (exact) mass is 597 g/mol. The van der Waals surface area contributed by atoms with Gasteiger partial charge in [0.05, 0.1) is 6.54 Å². The van der Waals surface area contributed by atoms with E-state index < -0.39 is 11.6 Å². The summed E-state index contributed by atoms with van der Waals surface area (Å²) in [4.78, 5) is 37.7. The summed E-state index contributed by atoms with van der Waals surface area (Å²) in [6.45, 7) is 8.17. The number of amides is 2.